The zero-order chi connectivity index (χ0) is 18.8. The Morgan fingerprint density at radius 3 is 2.67 bits per heavy atom. The molecule has 4 nitrogen and oxygen atoms in total. The highest BCUT2D eigenvalue weighted by atomic mass is 19.1. The summed E-state index contributed by atoms with van der Waals surface area (Å²) in [6.45, 7) is 0.306. The van der Waals surface area contributed by atoms with Gasteiger partial charge in [0.25, 0.3) is 0 Å². The SMILES string of the molecule is O=C1/C(=C/c2cccc(OCc3ccc(F)cc3)c2)Oc2cc(O)ccc21. The fraction of sp³-hybridized carbons (Fsp3) is 0.0455. The Kier molecular flexibility index (Phi) is 4.34. The minimum Gasteiger partial charge on any atom is -0.508 e. The number of fused-ring (bicyclic) bond motifs is 1. The Balaban J connectivity index is 1.50. The second-order valence-corrected chi connectivity index (χ2v) is 6.11. The number of carbonyl (C=O) groups is 1. The third kappa shape index (κ3) is 3.67. The molecule has 1 N–H and O–H groups in total. The minimum atomic E-state index is -0.289. The number of allylic oxidation sites excluding steroid dienone is 1. The quantitative estimate of drug-likeness (QED) is 0.682. The highest BCUT2D eigenvalue weighted by Crippen LogP contribution is 2.34. The summed E-state index contributed by atoms with van der Waals surface area (Å²) >= 11 is 0. The Hall–Kier alpha value is -3.60. The highest BCUT2D eigenvalue weighted by molar-refractivity contribution is 6.14. The summed E-state index contributed by atoms with van der Waals surface area (Å²) in [5, 5.41) is 9.52. The minimum absolute atomic E-state index is 0.0407. The number of phenolic OH excluding ortho intramolecular Hbond substituents is 1. The van der Waals surface area contributed by atoms with Crippen LogP contribution in [0, 0.1) is 5.82 Å². The van der Waals surface area contributed by atoms with Gasteiger partial charge in [-0.2, -0.15) is 0 Å². The van der Waals surface area contributed by atoms with Gasteiger partial charge in [0, 0.05) is 6.07 Å². The number of carbonyl (C=O) groups excluding carboxylic acids is 1. The van der Waals surface area contributed by atoms with Gasteiger partial charge in [0.05, 0.1) is 5.56 Å². The van der Waals surface area contributed by atoms with E-state index in [-0.39, 0.29) is 23.1 Å². The van der Waals surface area contributed by atoms with E-state index < -0.39 is 0 Å². The molecule has 1 aliphatic heterocycles. The van der Waals surface area contributed by atoms with Crippen LogP contribution in [0.25, 0.3) is 6.08 Å². The number of ether oxygens (including phenoxy) is 2. The van der Waals surface area contributed by atoms with E-state index in [1.165, 1.54) is 30.3 Å². The molecule has 0 saturated heterocycles. The second-order valence-electron chi connectivity index (χ2n) is 6.11. The van der Waals surface area contributed by atoms with Gasteiger partial charge in [-0.1, -0.05) is 24.3 Å². The predicted octanol–water partition coefficient (Wildman–Crippen LogP) is 4.73. The van der Waals surface area contributed by atoms with E-state index in [0.29, 0.717) is 23.7 Å². The van der Waals surface area contributed by atoms with Crippen LogP contribution in [0.1, 0.15) is 21.5 Å². The van der Waals surface area contributed by atoms with Crippen LogP contribution in [0.3, 0.4) is 0 Å². The van der Waals surface area contributed by atoms with Gasteiger partial charge >= 0.3 is 0 Å². The maximum atomic E-state index is 12.9. The predicted molar refractivity (Wildman–Crippen MR) is 98.2 cm³/mol. The number of rotatable bonds is 4. The number of Topliss-reactive ketones (excluding diaryl/α,β-unsaturated/α-hetero) is 1. The molecule has 5 heteroatoms. The molecule has 3 aromatic rings. The van der Waals surface area contributed by atoms with Crippen molar-refractivity contribution in [1.29, 1.82) is 0 Å². The van der Waals surface area contributed by atoms with Gasteiger partial charge in [-0.25, -0.2) is 4.39 Å². The smallest absolute Gasteiger partial charge is 0.231 e. The number of aromatic hydroxyl groups is 1. The van der Waals surface area contributed by atoms with Gasteiger partial charge in [0.2, 0.25) is 5.78 Å². The van der Waals surface area contributed by atoms with Crippen LogP contribution in [-0.4, -0.2) is 10.9 Å². The van der Waals surface area contributed by atoms with E-state index in [4.69, 9.17) is 9.47 Å². The van der Waals surface area contributed by atoms with Crippen molar-refractivity contribution in [2.75, 3.05) is 0 Å². The Morgan fingerprint density at radius 1 is 1.04 bits per heavy atom. The van der Waals surface area contributed by atoms with E-state index in [2.05, 4.69) is 0 Å². The summed E-state index contributed by atoms with van der Waals surface area (Å²) < 4.78 is 24.2. The summed E-state index contributed by atoms with van der Waals surface area (Å²) in [4.78, 5) is 12.4. The lowest BCUT2D eigenvalue weighted by molar-refractivity contribution is 0.101. The molecule has 0 aromatic heterocycles. The number of halogens is 1. The third-order valence-electron chi connectivity index (χ3n) is 4.13. The number of hydrogen-bond donors (Lipinski definition) is 1. The monoisotopic (exact) mass is 362 g/mol. The van der Waals surface area contributed by atoms with Gasteiger partial charge in [-0.3, -0.25) is 4.79 Å². The van der Waals surface area contributed by atoms with Crippen LogP contribution in [0.15, 0.2) is 72.5 Å². The van der Waals surface area contributed by atoms with E-state index in [0.717, 1.165) is 11.1 Å². The zero-order valence-corrected chi connectivity index (χ0v) is 14.2. The van der Waals surface area contributed by atoms with Crippen molar-refractivity contribution in [1.82, 2.24) is 0 Å². The molecular weight excluding hydrogens is 347 g/mol. The maximum Gasteiger partial charge on any atom is 0.231 e. The summed E-state index contributed by atoms with van der Waals surface area (Å²) in [6, 6.07) is 17.7. The molecule has 0 saturated carbocycles. The molecule has 0 spiro atoms. The molecule has 134 valence electrons. The molecule has 1 aliphatic rings. The number of phenols is 1. The van der Waals surface area contributed by atoms with Crippen molar-refractivity contribution in [2.24, 2.45) is 0 Å². The largest absolute Gasteiger partial charge is 0.508 e. The van der Waals surface area contributed by atoms with Crippen LogP contribution in [-0.2, 0) is 6.61 Å². The van der Waals surface area contributed by atoms with Gasteiger partial charge in [0.15, 0.2) is 5.76 Å². The zero-order valence-electron chi connectivity index (χ0n) is 14.2. The molecule has 0 amide bonds. The van der Waals surface area contributed by atoms with Crippen molar-refractivity contribution in [3.63, 3.8) is 0 Å². The highest BCUT2D eigenvalue weighted by Gasteiger charge is 2.27. The van der Waals surface area contributed by atoms with Crippen molar-refractivity contribution in [3.8, 4) is 17.2 Å². The fourth-order valence-electron chi connectivity index (χ4n) is 2.77. The summed E-state index contributed by atoms with van der Waals surface area (Å²) in [7, 11) is 0. The molecule has 27 heavy (non-hydrogen) atoms. The van der Waals surface area contributed by atoms with Crippen LogP contribution in [0.5, 0.6) is 17.2 Å². The molecule has 3 aromatic carbocycles. The molecule has 0 bridgehead atoms. The molecule has 0 atom stereocenters. The van der Waals surface area contributed by atoms with Gasteiger partial charge in [0.1, 0.15) is 29.7 Å². The van der Waals surface area contributed by atoms with Gasteiger partial charge in [-0.15, -0.1) is 0 Å². The lowest BCUT2D eigenvalue weighted by Gasteiger charge is -2.07. The number of ketones is 1. The molecule has 4 rings (SSSR count). The van der Waals surface area contributed by atoms with Crippen LogP contribution in [0.2, 0.25) is 0 Å². The Bertz CT molecular complexity index is 1040. The molecular formula is C22H15FO4. The summed E-state index contributed by atoms with van der Waals surface area (Å²) in [5.41, 5.74) is 2.01. The standard InChI is InChI=1S/C22H15FO4/c23-16-6-4-14(5-7-16)13-26-18-3-1-2-15(10-18)11-21-22(25)19-9-8-17(24)12-20(19)27-21/h1-12,24H,13H2/b21-11-. The lowest BCUT2D eigenvalue weighted by Crippen LogP contribution is -1.98. The van der Waals surface area contributed by atoms with Crippen molar-refractivity contribution in [2.45, 2.75) is 6.61 Å². The van der Waals surface area contributed by atoms with Crippen molar-refractivity contribution < 1.29 is 23.8 Å². The Labute approximate surface area is 155 Å². The second kappa shape index (κ2) is 6.96. The van der Waals surface area contributed by atoms with Crippen molar-refractivity contribution in [3.05, 3.63) is 95.0 Å². The molecule has 1 heterocycles. The fourth-order valence-corrected chi connectivity index (χ4v) is 2.77. The first-order valence-corrected chi connectivity index (χ1v) is 8.33. The topological polar surface area (TPSA) is 55.8 Å². The molecule has 0 radical (unpaired) electrons. The normalized spacial score (nSPS) is 14.1. The maximum absolute atomic E-state index is 12.9. The molecule has 0 unspecified atom stereocenters. The summed E-state index contributed by atoms with van der Waals surface area (Å²) in [5.74, 6) is 0.667. The van der Waals surface area contributed by atoms with Crippen LogP contribution >= 0.6 is 0 Å². The average molecular weight is 362 g/mol. The first-order chi connectivity index (χ1) is 13.1. The summed E-state index contributed by atoms with van der Waals surface area (Å²) in [6.07, 6.45) is 1.63. The third-order valence-corrected chi connectivity index (χ3v) is 4.13. The van der Waals surface area contributed by atoms with E-state index >= 15 is 0 Å². The number of benzene rings is 3. The van der Waals surface area contributed by atoms with E-state index in [1.807, 2.05) is 12.1 Å². The first kappa shape index (κ1) is 16.8. The average Bonchev–Trinajstić information content (AvgIpc) is 2.96. The molecule has 0 aliphatic carbocycles. The number of hydrogen-bond acceptors (Lipinski definition) is 4. The van der Waals surface area contributed by atoms with Gasteiger partial charge < -0.3 is 14.6 Å². The lowest BCUT2D eigenvalue weighted by atomic mass is 10.1. The Morgan fingerprint density at radius 2 is 1.85 bits per heavy atom. The van der Waals surface area contributed by atoms with Crippen LogP contribution < -0.4 is 9.47 Å². The van der Waals surface area contributed by atoms with Crippen LogP contribution in [0.4, 0.5) is 4.39 Å². The van der Waals surface area contributed by atoms with E-state index in [1.54, 1.807) is 30.3 Å². The first-order valence-electron chi connectivity index (χ1n) is 8.33. The van der Waals surface area contributed by atoms with Crippen molar-refractivity contribution >= 4 is 11.9 Å². The van der Waals surface area contributed by atoms with E-state index in [9.17, 15) is 14.3 Å². The molecule has 0 fully saturated rings. The van der Waals surface area contributed by atoms with Gasteiger partial charge in [-0.05, 0) is 53.6 Å².